The molecule has 0 spiro atoms. The van der Waals surface area contributed by atoms with Gasteiger partial charge in [-0.15, -0.1) is 11.3 Å². The molecule has 1 N–H and O–H groups in total. The van der Waals surface area contributed by atoms with Crippen LogP contribution >= 0.6 is 11.3 Å². The van der Waals surface area contributed by atoms with Crippen LogP contribution in [0.4, 0.5) is 10.8 Å². The number of anilines is 2. The fraction of sp³-hybridized carbons (Fsp3) is 0.476. The van der Waals surface area contributed by atoms with Crippen molar-refractivity contribution in [3.8, 4) is 5.75 Å². The van der Waals surface area contributed by atoms with Crippen LogP contribution in [-0.4, -0.2) is 54.5 Å². The fourth-order valence-corrected chi connectivity index (χ4v) is 4.74. The molecule has 2 aromatic rings. The Kier molecular flexibility index (Phi) is 5.82. The van der Waals surface area contributed by atoms with Crippen molar-refractivity contribution >= 4 is 34.0 Å². The maximum Gasteiger partial charge on any atom is 0.240 e. The number of carbonyl (C=O) groups is 2. The summed E-state index contributed by atoms with van der Waals surface area (Å²) in [5.41, 5.74) is 1.79. The molecule has 0 aliphatic carbocycles. The van der Waals surface area contributed by atoms with Crippen molar-refractivity contribution in [2.45, 2.75) is 26.7 Å². The lowest BCUT2D eigenvalue weighted by Crippen LogP contribution is -2.48. The molecule has 0 bridgehead atoms. The highest BCUT2D eigenvalue weighted by atomic mass is 32.1. The minimum Gasteiger partial charge on any atom is -0.490 e. The lowest BCUT2D eigenvalue weighted by Gasteiger charge is -2.36. The molecule has 2 aliphatic heterocycles. The Morgan fingerprint density at radius 3 is 2.90 bits per heavy atom. The van der Waals surface area contributed by atoms with Crippen LogP contribution in [-0.2, 0) is 9.59 Å². The van der Waals surface area contributed by atoms with E-state index in [0.29, 0.717) is 24.8 Å². The average molecular weight is 415 g/mol. The topological polar surface area (TPSA) is 74.8 Å². The summed E-state index contributed by atoms with van der Waals surface area (Å²) in [5, 5.41) is 3.52. The zero-order chi connectivity index (χ0) is 20.4. The normalized spacial score (nSPS) is 19.4. The minimum atomic E-state index is -0.105. The highest BCUT2D eigenvalue weighted by Gasteiger charge is 2.33. The molecule has 0 radical (unpaired) electrons. The minimum absolute atomic E-state index is 0.0800. The van der Waals surface area contributed by atoms with Crippen LogP contribution in [0.3, 0.4) is 0 Å². The molecule has 7 nitrogen and oxygen atoms in total. The molecule has 1 unspecified atom stereocenters. The van der Waals surface area contributed by atoms with E-state index in [0.717, 1.165) is 41.4 Å². The molecule has 8 heteroatoms. The van der Waals surface area contributed by atoms with E-state index in [-0.39, 0.29) is 24.3 Å². The van der Waals surface area contributed by atoms with E-state index >= 15 is 0 Å². The van der Waals surface area contributed by atoms with Gasteiger partial charge in [0.25, 0.3) is 0 Å². The molecule has 3 heterocycles. The van der Waals surface area contributed by atoms with E-state index < -0.39 is 0 Å². The Morgan fingerprint density at radius 2 is 2.10 bits per heavy atom. The van der Waals surface area contributed by atoms with Crippen LogP contribution in [0.2, 0.25) is 0 Å². The zero-order valence-corrected chi connectivity index (χ0v) is 17.6. The first-order valence-electron chi connectivity index (χ1n) is 10.0. The van der Waals surface area contributed by atoms with Crippen molar-refractivity contribution in [3.05, 3.63) is 34.8 Å². The van der Waals surface area contributed by atoms with Crippen LogP contribution < -0.4 is 15.0 Å². The molecule has 154 valence electrons. The predicted octanol–water partition coefficient (Wildman–Crippen LogP) is 2.84. The number of aryl methyl sites for hydroxylation is 2. The number of nitrogens with zero attached hydrogens (tertiary/aromatic N) is 3. The van der Waals surface area contributed by atoms with Gasteiger partial charge in [0.15, 0.2) is 5.13 Å². The van der Waals surface area contributed by atoms with E-state index in [1.807, 2.05) is 43.0 Å². The number of piperidine rings is 1. The van der Waals surface area contributed by atoms with Crippen LogP contribution in [0, 0.1) is 19.8 Å². The summed E-state index contributed by atoms with van der Waals surface area (Å²) in [6.45, 7) is 6.71. The number of ether oxygens (including phenoxy) is 1. The molecule has 4 rings (SSSR count). The first kappa shape index (κ1) is 19.8. The number of rotatable bonds is 4. The molecule has 1 fully saturated rings. The molecule has 0 saturated carbocycles. The predicted molar refractivity (Wildman–Crippen MR) is 114 cm³/mol. The van der Waals surface area contributed by atoms with E-state index in [4.69, 9.17) is 4.74 Å². The number of amides is 2. The first-order valence-corrected chi connectivity index (χ1v) is 10.8. The summed E-state index contributed by atoms with van der Waals surface area (Å²) >= 11 is 1.49. The molecule has 1 aromatic heterocycles. The highest BCUT2D eigenvalue weighted by Crippen LogP contribution is 2.33. The largest absolute Gasteiger partial charge is 0.490 e. The maximum atomic E-state index is 13.2. The van der Waals surface area contributed by atoms with Gasteiger partial charge in [-0.3, -0.25) is 14.5 Å². The summed E-state index contributed by atoms with van der Waals surface area (Å²) in [5.74, 6) is 0.695. The number of carbonyl (C=O) groups excluding carboxylic acids is 2. The van der Waals surface area contributed by atoms with Gasteiger partial charge in [-0.2, -0.15) is 0 Å². The summed E-state index contributed by atoms with van der Waals surface area (Å²) in [4.78, 5) is 35.0. The lowest BCUT2D eigenvalue weighted by molar-refractivity contribution is -0.125. The standard InChI is InChI=1S/C21H26N4O3S/c1-14-15(2)29-21(22-14)23-19(26)13-24-9-5-6-16(12-24)20(27)25-10-11-28-18-8-4-3-7-17(18)25/h3-4,7-8,16H,5-6,9-13H2,1-2H3,(H,22,23,26). The number of thiazole rings is 1. The Morgan fingerprint density at radius 1 is 1.28 bits per heavy atom. The fourth-order valence-electron chi connectivity index (χ4n) is 3.91. The Bertz CT molecular complexity index is 894. The molecule has 1 saturated heterocycles. The number of fused-ring (bicyclic) bond motifs is 1. The molecule has 2 amide bonds. The van der Waals surface area contributed by atoms with Crippen molar-refractivity contribution in [1.29, 1.82) is 0 Å². The molecular formula is C21H26N4O3S. The Labute approximate surface area is 174 Å². The summed E-state index contributed by atoms with van der Waals surface area (Å²) in [7, 11) is 0. The molecule has 2 aliphatic rings. The van der Waals surface area contributed by atoms with Crippen LogP contribution in [0.15, 0.2) is 24.3 Å². The number of hydrogen-bond donors (Lipinski definition) is 1. The smallest absolute Gasteiger partial charge is 0.240 e. The van der Waals surface area contributed by atoms with Gasteiger partial charge in [0.2, 0.25) is 11.8 Å². The van der Waals surface area contributed by atoms with Gasteiger partial charge < -0.3 is 15.0 Å². The molecule has 1 aromatic carbocycles. The molecule has 29 heavy (non-hydrogen) atoms. The Hall–Kier alpha value is -2.45. The van der Waals surface area contributed by atoms with E-state index in [1.165, 1.54) is 11.3 Å². The number of para-hydroxylation sites is 2. The number of aromatic nitrogens is 1. The number of hydrogen-bond acceptors (Lipinski definition) is 6. The first-order chi connectivity index (χ1) is 14.0. The van der Waals surface area contributed by atoms with Gasteiger partial charge in [-0.25, -0.2) is 4.98 Å². The van der Waals surface area contributed by atoms with Crippen molar-refractivity contribution in [3.63, 3.8) is 0 Å². The number of likely N-dealkylation sites (tertiary alicyclic amines) is 1. The van der Waals surface area contributed by atoms with Crippen LogP contribution in [0.1, 0.15) is 23.4 Å². The number of nitrogens with one attached hydrogen (secondary N) is 1. The van der Waals surface area contributed by atoms with Gasteiger partial charge >= 0.3 is 0 Å². The monoisotopic (exact) mass is 414 g/mol. The second-order valence-electron chi connectivity index (χ2n) is 7.59. The van der Waals surface area contributed by atoms with Crippen molar-refractivity contribution in [1.82, 2.24) is 9.88 Å². The average Bonchev–Trinajstić information content (AvgIpc) is 3.03. The van der Waals surface area contributed by atoms with Crippen molar-refractivity contribution in [2.75, 3.05) is 43.0 Å². The second kappa shape index (κ2) is 8.51. The SMILES string of the molecule is Cc1nc(NC(=O)CN2CCCC(C(=O)N3CCOc4ccccc43)C2)sc1C. The summed E-state index contributed by atoms with van der Waals surface area (Å²) in [6, 6.07) is 7.67. The van der Waals surface area contributed by atoms with Gasteiger partial charge in [0.1, 0.15) is 12.4 Å². The number of benzene rings is 1. The molecular weight excluding hydrogens is 388 g/mol. The Balaban J connectivity index is 1.37. The third-order valence-corrected chi connectivity index (χ3v) is 6.48. The lowest BCUT2D eigenvalue weighted by atomic mass is 9.96. The van der Waals surface area contributed by atoms with Gasteiger partial charge in [0.05, 0.1) is 30.4 Å². The van der Waals surface area contributed by atoms with E-state index in [1.54, 1.807) is 0 Å². The van der Waals surface area contributed by atoms with Crippen LogP contribution in [0.25, 0.3) is 0 Å². The maximum absolute atomic E-state index is 13.2. The van der Waals surface area contributed by atoms with Crippen molar-refractivity contribution in [2.24, 2.45) is 5.92 Å². The summed E-state index contributed by atoms with van der Waals surface area (Å²) < 4.78 is 5.67. The van der Waals surface area contributed by atoms with Gasteiger partial charge in [-0.1, -0.05) is 12.1 Å². The van der Waals surface area contributed by atoms with Gasteiger partial charge in [-0.05, 0) is 45.4 Å². The van der Waals surface area contributed by atoms with E-state index in [9.17, 15) is 9.59 Å². The third-order valence-electron chi connectivity index (χ3n) is 5.49. The second-order valence-corrected chi connectivity index (χ2v) is 8.79. The summed E-state index contributed by atoms with van der Waals surface area (Å²) in [6.07, 6.45) is 1.76. The highest BCUT2D eigenvalue weighted by molar-refractivity contribution is 7.15. The zero-order valence-electron chi connectivity index (χ0n) is 16.8. The van der Waals surface area contributed by atoms with E-state index in [2.05, 4.69) is 15.2 Å². The quantitative estimate of drug-likeness (QED) is 0.833. The van der Waals surface area contributed by atoms with Crippen LogP contribution in [0.5, 0.6) is 5.75 Å². The van der Waals surface area contributed by atoms with Crippen molar-refractivity contribution < 1.29 is 14.3 Å². The molecule has 1 atom stereocenters. The van der Waals surface area contributed by atoms with Gasteiger partial charge in [0, 0.05) is 11.4 Å². The third kappa shape index (κ3) is 4.43.